The summed E-state index contributed by atoms with van der Waals surface area (Å²) in [4.78, 5) is 21.4. The fourth-order valence-electron chi connectivity index (χ4n) is 4.45. The number of ether oxygens (including phenoxy) is 1. The van der Waals surface area contributed by atoms with E-state index in [9.17, 15) is 4.79 Å². The first-order valence-electron chi connectivity index (χ1n) is 10.1. The van der Waals surface area contributed by atoms with Crippen LogP contribution in [-0.2, 0) is 11.3 Å². The zero-order valence-corrected chi connectivity index (χ0v) is 16.8. The van der Waals surface area contributed by atoms with Crippen LogP contribution in [0.25, 0.3) is 0 Å². The van der Waals surface area contributed by atoms with Crippen LogP contribution in [0.1, 0.15) is 34.5 Å². The molecule has 0 saturated carbocycles. The number of piperidine rings is 1. The molecule has 0 N–H and O–H groups in total. The molecule has 2 saturated heterocycles. The van der Waals surface area contributed by atoms with Crippen LogP contribution >= 0.6 is 0 Å². The Morgan fingerprint density at radius 3 is 2.93 bits per heavy atom. The Morgan fingerprint density at radius 2 is 2.17 bits per heavy atom. The van der Waals surface area contributed by atoms with E-state index in [1.165, 1.54) is 0 Å². The minimum atomic E-state index is 0.00894. The van der Waals surface area contributed by atoms with Gasteiger partial charge in [-0.3, -0.25) is 14.7 Å². The summed E-state index contributed by atoms with van der Waals surface area (Å²) in [7, 11) is 2.16. The molecule has 2 fully saturated rings. The molecule has 2 aliphatic heterocycles. The highest BCUT2D eigenvalue weighted by atomic mass is 16.5. The lowest BCUT2D eigenvalue weighted by atomic mass is 9.75. The van der Waals surface area contributed by atoms with Gasteiger partial charge in [0.05, 0.1) is 36.1 Å². The molecule has 6 heteroatoms. The van der Waals surface area contributed by atoms with Crippen LogP contribution in [0.3, 0.4) is 0 Å². The molecule has 1 aromatic heterocycles. The molecule has 3 heterocycles. The van der Waals surface area contributed by atoms with E-state index in [4.69, 9.17) is 10.00 Å². The lowest BCUT2D eigenvalue weighted by Gasteiger charge is -2.58. The van der Waals surface area contributed by atoms with Crippen LogP contribution in [-0.4, -0.2) is 59.5 Å². The van der Waals surface area contributed by atoms with Crippen molar-refractivity contribution in [2.45, 2.75) is 25.0 Å². The quantitative estimate of drug-likeness (QED) is 0.785. The summed E-state index contributed by atoms with van der Waals surface area (Å²) in [5, 5.41) is 9.06. The minimum Gasteiger partial charge on any atom is -0.375 e. The van der Waals surface area contributed by atoms with Gasteiger partial charge in [-0.25, -0.2) is 0 Å². The third-order valence-corrected chi connectivity index (χ3v) is 6.18. The summed E-state index contributed by atoms with van der Waals surface area (Å²) in [5.74, 6) is 0.503. The molecule has 1 atom stereocenters. The Kier molecular flexibility index (Phi) is 5.61. The zero-order valence-electron chi connectivity index (χ0n) is 16.8. The van der Waals surface area contributed by atoms with E-state index in [1.54, 1.807) is 30.5 Å². The molecule has 29 heavy (non-hydrogen) atoms. The average molecular weight is 390 g/mol. The predicted octanol–water partition coefficient (Wildman–Crippen LogP) is 2.71. The van der Waals surface area contributed by atoms with Gasteiger partial charge in [0.2, 0.25) is 0 Å². The number of likely N-dealkylation sites (N-methyl/N-ethyl adjacent to an activating group) is 1. The Balaban J connectivity index is 1.32. The molecule has 4 rings (SSSR count). The maximum Gasteiger partial charge on any atom is 0.254 e. The number of likely N-dealkylation sites (tertiary alicyclic amines) is 2. The van der Waals surface area contributed by atoms with Crippen LogP contribution in [0, 0.1) is 17.2 Å². The summed E-state index contributed by atoms with van der Waals surface area (Å²) in [5.41, 5.74) is 2.11. The standard InChI is InChI=1S/C23H26N4O2/c1-26-10-8-19(14-29-15-21-7-2-3-9-25-21)12-23(26)16-27(17-23)22(28)20-6-4-5-18(11-20)13-24/h2-7,9,11,19H,8,10,12,14-17H2,1H3/t19-/m1/s1. The van der Waals surface area contributed by atoms with Crippen molar-refractivity contribution in [2.24, 2.45) is 5.92 Å². The molecule has 1 amide bonds. The van der Waals surface area contributed by atoms with E-state index in [-0.39, 0.29) is 11.4 Å². The Morgan fingerprint density at radius 1 is 1.31 bits per heavy atom. The Hall–Kier alpha value is -2.75. The fraction of sp³-hybridized carbons (Fsp3) is 0.435. The number of amides is 1. The van der Waals surface area contributed by atoms with Gasteiger partial charge >= 0.3 is 0 Å². The average Bonchev–Trinajstić information content (AvgIpc) is 2.73. The van der Waals surface area contributed by atoms with Crippen molar-refractivity contribution in [3.8, 4) is 6.07 Å². The number of nitriles is 1. The molecule has 2 aliphatic rings. The highest BCUT2D eigenvalue weighted by Crippen LogP contribution is 2.39. The number of carbonyl (C=O) groups is 1. The zero-order chi connectivity index (χ0) is 20.3. The highest BCUT2D eigenvalue weighted by molar-refractivity contribution is 5.95. The molecule has 1 aromatic carbocycles. The van der Waals surface area contributed by atoms with Crippen molar-refractivity contribution >= 4 is 5.91 Å². The van der Waals surface area contributed by atoms with Crippen LogP contribution in [0.4, 0.5) is 0 Å². The van der Waals surface area contributed by atoms with Crippen molar-refractivity contribution < 1.29 is 9.53 Å². The van der Waals surface area contributed by atoms with Gasteiger partial charge in [0.1, 0.15) is 0 Å². The molecule has 150 valence electrons. The van der Waals surface area contributed by atoms with Gasteiger partial charge < -0.3 is 9.64 Å². The normalized spacial score (nSPS) is 20.8. The molecule has 2 aromatic rings. The van der Waals surface area contributed by atoms with Crippen molar-refractivity contribution in [2.75, 3.05) is 33.3 Å². The molecular weight excluding hydrogens is 364 g/mol. The Bertz CT molecular complexity index is 903. The number of hydrogen-bond acceptors (Lipinski definition) is 5. The maximum atomic E-state index is 12.8. The monoisotopic (exact) mass is 390 g/mol. The second-order valence-corrected chi connectivity index (χ2v) is 8.19. The third kappa shape index (κ3) is 4.16. The lowest BCUT2D eigenvalue weighted by Crippen LogP contribution is -2.72. The van der Waals surface area contributed by atoms with Crippen LogP contribution in [0.15, 0.2) is 48.7 Å². The van der Waals surface area contributed by atoms with Gasteiger partial charge in [0, 0.05) is 24.8 Å². The number of rotatable bonds is 5. The maximum absolute atomic E-state index is 12.8. The van der Waals surface area contributed by atoms with Gasteiger partial charge in [0.15, 0.2) is 0 Å². The van der Waals surface area contributed by atoms with Crippen molar-refractivity contribution in [1.29, 1.82) is 5.26 Å². The minimum absolute atomic E-state index is 0.00894. The molecule has 1 spiro atoms. The third-order valence-electron chi connectivity index (χ3n) is 6.18. The van der Waals surface area contributed by atoms with Crippen LogP contribution in [0.2, 0.25) is 0 Å². The number of nitrogens with zero attached hydrogens (tertiary/aromatic N) is 4. The molecule has 0 unspecified atom stereocenters. The predicted molar refractivity (Wildman–Crippen MR) is 109 cm³/mol. The summed E-state index contributed by atoms with van der Waals surface area (Å²) in [6.07, 6.45) is 3.93. The summed E-state index contributed by atoms with van der Waals surface area (Å²) < 4.78 is 5.93. The van der Waals surface area contributed by atoms with E-state index in [0.717, 1.165) is 44.8 Å². The van der Waals surface area contributed by atoms with E-state index in [1.807, 2.05) is 23.1 Å². The first-order chi connectivity index (χ1) is 14.1. The summed E-state index contributed by atoms with van der Waals surface area (Å²) >= 11 is 0. The topological polar surface area (TPSA) is 69.5 Å². The first-order valence-corrected chi connectivity index (χ1v) is 10.1. The number of aromatic nitrogens is 1. The summed E-state index contributed by atoms with van der Waals surface area (Å²) in [6, 6.07) is 14.9. The summed E-state index contributed by atoms with van der Waals surface area (Å²) in [6.45, 7) is 3.75. The van der Waals surface area contributed by atoms with E-state index in [2.05, 4.69) is 23.0 Å². The second-order valence-electron chi connectivity index (χ2n) is 8.19. The number of hydrogen-bond donors (Lipinski definition) is 0. The highest BCUT2D eigenvalue weighted by Gasteiger charge is 2.50. The molecule has 0 radical (unpaired) electrons. The van der Waals surface area contributed by atoms with Crippen molar-refractivity contribution in [3.05, 3.63) is 65.5 Å². The number of carbonyl (C=O) groups excluding carboxylic acids is 1. The van der Waals surface area contributed by atoms with Crippen molar-refractivity contribution in [1.82, 2.24) is 14.8 Å². The molecule has 0 aliphatic carbocycles. The van der Waals surface area contributed by atoms with Crippen molar-refractivity contribution in [3.63, 3.8) is 0 Å². The second kappa shape index (κ2) is 8.32. The molecule has 0 bridgehead atoms. The van der Waals surface area contributed by atoms with E-state index < -0.39 is 0 Å². The SMILES string of the molecule is CN1CC[C@@H](COCc2ccccn2)CC12CN(C(=O)c1cccc(C#N)c1)C2. The lowest BCUT2D eigenvalue weighted by molar-refractivity contribution is -0.0769. The van der Waals surface area contributed by atoms with Crippen LogP contribution in [0.5, 0.6) is 0 Å². The number of pyridine rings is 1. The van der Waals surface area contributed by atoms with Gasteiger partial charge in [-0.1, -0.05) is 12.1 Å². The van der Waals surface area contributed by atoms with Gasteiger partial charge in [0.25, 0.3) is 5.91 Å². The Labute approximate surface area is 171 Å². The molecule has 6 nitrogen and oxygen atoms in total. The number of benzene rings is 1. The molecular formula is C23H26N4O2. The van der Waals surface area contributed by atoms with Gasteiger partial charge in [-0.15, -0.1) is 0 Å². The largest absolute Gasteiger partial charge is 0.375 e. The smallest absolute Gasteiger partial charge is 0.254 e. The van der Waals surface area contributed by atoms with Gasteiger partial charge in [-0.2, -0.15) is 5.26 Å². The van der Waals surface area contributed by atoms with E-state index in [0.29, 0.717) is 23.7 Å². The first kappa shape index (κ1) is 19.6. The van der Waals surface area contributed by atoms with E-state index >= 15 is 0 Å². The van der Waals surface area contributed by atoms with Crippen LogP contribution < -0.4 is 0 Å². The van der Waals surface area contributed by atoms with Gasteiger partial charge in [-0.05, 0) is 62.7 Å². The fourth-order valence-corrected chi connectivity index (χ4v) is 4.45.